The van der Waals surface area contributed by atoms with Crippen molar-refractivity contribution in [3.05, 3.63) is 48.0 Å². The van der Waals surface area contributed by atoms with E-state index in [0.717, 1.165) is 0 Å². The first-order chi connectivity index (χ1) is 10.9. The molecule has 0 radical (unpaired) electrons. The van der Waals surface area contributed by atoms with Crippen LogP contribution in [0, 0.1) is 0 Å². The molecule has 0 spiro atoms. The first-order valence-corrected chi connectivity index (χ1v) is 9.38. The van der Waals surface area contributed by atoms with Crippen LogP contribution in [0.1, 0.15) is 51.0 Å². The molecule has 2 aromatic rings. The molecule has 0 heterocycles. The van der Waals surface area contributed by atoms with Crippen LogP contribution in [0.4, 0.5) is 0 Å². The van der Waals surface area contributed by atoms with Crippen LogP contribution in [-0.2, 0) is 16.8 Å². The summed E-state index contributed by atoms with van der Waals surface area (Å²) < 4.78 is 34.1. The summed E-state index contributed by atoms with van der Waals surface area (Å²) in [5, 5.41) is 2.81. The van der Waals surface area contributed by atoms with Gasteiger partial charge in [0.2, 0.25) is 0 Å². The number of fused-ring (bicyclic) bond motifs is 1. The number of rotatable bonds is 7. The Morgan fingerprint density at radius 2 is 1.32 bits per heavy atom. The summed E-state index contributed by atoms with van der Waals surface area (Å²) in [4.78, 5) is 0. The molecule has 2 aromatic carbocycles. The molecule has 7 heteroatoms. The third-order valence-corrected chi connectivity index (χ3v) is 3.68. The summed E-state index contributed by atoms with van der Waals surface area (Å²) in [5.74, 6) is 0. The molecule has 0 aliphatic rings. The Hall–Kier alpha value is 1.84. The van der Waals surface area contributed by atoms with Crippen LogP contribution in [0.15, 0.2) is 42.5 Å². The second-order valence-corrected chi connectivity index (χ2v) is 6.38. The minimum absolute atomic E-state index is 0. The van der Waals surface area contributed by atoms with Gasteiger partial charge in [-0.3, -0.25) is 8.42 Å². The number of hydrogen-bond acceptors (Lipinski definition) is 4. The van der Waals surface area contributed by atoms with E-state index >= 15 is 0 Å². The van der Waals surface area contributed by atoms with Crippen LogP contribution in [0.5, 0.6) is 0 Å². The van der Waals surface area contributed by atoms with Gasteiger partial charge in [-0.25, -0.2) is 0 Å². The first kappa shape index (κ1) is 29.0. The Morgan fingerprint density at radius 1 is 0.800 bits per heavy atom. The van der Waals surface area contributed by atoms with Gasteiger partial charge < -0.3 is 9.11 Å². The van der Waals surface area contributed by atoms with Gasteiger partial charge in [0.1, 0.15) is 0 Å². The van der Waals surface area contributed by atoms with Crippen molar-refractivity contribution >= 4 is 21.2 Å². The maximum atomic E-state index is 8.52. The van der Waals surface area contributed by atoms with Crippen molar-refractivity contribution in [3.8, 4) is 0 Å². The van der Waals surface area contributed by atoms with Gasteiger partial charge in [-0.2, -0.15) is 0 Å². The number of hydrogen-bond donors (Lipinski definition) is 0. The summed E-state index contributed by atoms with van der Waals surface area (Å²) in [7, 11) is -5.17. The fourth-order valence-electron chi connectivity index (χ4n) is 2.61. The van der Waals surface area contributed by atoms with Crippen molar-refractivity contribution in [1.29, 1.82) is 0 Å². The largest absolute Gasteiger partial charge is 1.00 e. The van der Waals surface area contributed by atoms with E-state index in [9.17, 15) is 0 Å². The first-order valence-electron chi connectivity index (χ1n) is 8.05. The van der Waals surface area contributed by atoms with Crippen molar-refractivity contribution in [2.75, 3.05) is 0 Å². The fourth-order valence-corrected chi connectivity index (χ4v) is 2.61. The fraction of sp³-hybridized carbons (Fsp3) is 0.444. The molecule has 0 saturated heterocycles. The van der Waals surface area contributed by atoms with Gasteiger partial charge in [-0.15, -0.1) is 0 Å². The maximum absolute atomic E-state index is 8.52. The van der Waals surface area contributed by atoms with Crippen LogP contribution < -0.4 is 103 Å². The van der Waals surface area contributed by atoms with Gasteiger partial charge in [0.05, 0.1) is 0 Å². The molecule has 0 aromatic heterocycles. The third-order valence-electron chi connectivity index (χ3n) is 3.68. The molecule has 2 rings (SSSR count). The van der Waals surface area contributed by atoms with Gasteiger partial charge in [-0.05, 0) is 29.2 Å². The van der Waals surface area contributed by atoms with E-state index in [4.69, 9.17) is 17.5 Å². The maximum Gasteiger partial charge on any atom is 1.00 e. The average molecular weight is 415 g/mol. The SMILES string of the molecule is CCCCCCCCc1cccc2ccccc12.O=S(=O)([O-])[O-].[K+].[K+]. The summed E-state index contributed by atoms with van der Waals surface area (Å²) in [6, 6.07) is 15.4. The normalized spacial score (nSPS) is 10.2. The molecule has 25 heavy (non-hydrogen) atoms. The van der Waals surface area contributed by atoms with Gasteiger partial charge in [0.25, 0.3) is 0 Å². The molecule has 0 unspecified atom stereocenters. The quantitative estimate of drug-likeness (QED) is 0.237. The molecule has 0 aliphatic heterocycles. The smallest absolute Gasteiger partial charge is 0.759 e. The Morgan fingerprint density at radius 3 is 1.96 bits per heavy atom. The van der Waals surface area contributed by atoms with E-state index in [-0.39, 0.29) is 103 Å². The van der Waals surface area contributed by atoms with Gasteiger partial charge >= 0.3 is 103 Å². The second kappa shape index (κ2) is 16.8. The zero-order chi connectivity index (χ0) is 17.1. The van der Waals surface area contributed by atoms with Gasteiger partial charge in [-0.1, -0.05) is 81.5 Å². The summed E-state index contributed by atoms with van der Waals surface area (Å²) >= 11 is 0. The average Bonchev–Trinajstić information content (AvgIpc) is 2.49. The van der Waals surface area contributed by atoms with E-state index < -0.39 is 10.4 Å². The summed E-state index contributed by atoms with van der Waals surface area (Å²) in [5.41, 5.74) is 1.52. The van der Waals surface area contributed by atoms with E-state index in [2.05, 4.69) is 49.4 Å². The van der Waals surface area contributed by atoms with Crippen LogP contribution in [-0.4, -0.2) is 17.5 Å². The Kier molecular flexibility index (Phi) is 19.5. The van der Waals surface area contributed by atoms with E-state index in [1.807, 2.05) is 0 Å². The van der Waals surface area contributed by atoms with E-state index in [1.165, 1.54) is 61.3 Å². The topological polar surface area (TPSA) is 80.3 Å². The molecular formula is C18H24K2O4S. The number of aryl methyl sites for hydroxylation is 1. The second-order valence-electron chi connectivity index (χ2n) is 5.56. The molecule has 0 fully saturated rings. The van der Waals surface area contributed by atoms with E-state index in [0.29, 0.717) is 0 Å². The molecule has 4 nitrogen and oxygen atoms in total. The minimum Gasteiger partial charge on any atom is -0.759 e. The third kappa shape index (κ3) is 15.4. The molecule has 0 N–H and O–H groups in total. The molecule has 0 aliphatic carbocycles. The Bertz CT molecular complexity index is 677. The molecule has 128 valence electrons. The van der Waals surface area contributed by atoms with Crippen molar-refractivity contribution in [2.45, 2.75) is 51.9 Å². The van der Waals surface area contributed by atoms with Crippen LogP contribution >= 0.6 is 0 Å². The van der Waals surface area contributed by atoms with E-state index in [1.54, 1.807) is 0 Å². The zero-order valence-corrected chi connectivity index (χ0v) is 22.6. The van der Waals surface area contributed by atoms with Crippen molar-refractivity contribution in [3.63, 3.8) is 0 Å². The monoisotopic (exact) mass is 414 g/mol. The molecule has 0 atom stereocenters. The predicted molar refractivity (Wildman–Crippen MR) is 91.5 cm³/mol. The zero-order valence-electron chi connectivity index (χ0n) is 15.5. The van der Waals surface area contributed by atoms with Crippen molar-refractivity contribution < 1.29 is 120 Å². The van der Waals surface area contributed by atoms with Crippen LogP contribution in [0.25, 0.3) is 10.8 Å². The molecule has 0 bridgehead atoms. The van der Waals surface area contributed by atoms with Gasteiger partial charge in [0.15, 0.2) is 0 Å². The standard InChI is InChI=1S/C18H24.2K.H2O4S/c1-2-3-4-5-6-7-11-16-13-10-14-17-12-8-9-15-18(16)17;;;1-5(2,3)4/h8-10,12-15H,2-7,11H2,1H3;;;(H2,1,2,3,4)/q;2*+1;/p-2. The van der Waals surface area contributed by atoms with Crippen molar-refractivity contribution in [2.24, 2.45) is 0 Å². The predicted octanol–water partition coefficient (Wildman–Crippen LogP) is -1.59. The van der Waals surface area contributed by atoms with Crippen LogP contribution in [0.3, 0.4) is 0 Å². The van der Waals surface area contributed by atoms with Crippen molar-refractivity contribution in [1.82, 2.24) is 0 Å². The number of unbranched alkanes of at least 4 members (excludes halogenated alkanes) is 5. The molecular weight excluding hydrogens is 390 g/mol. The Labute approximate surface area is 237 Å². The molecule has 0 amide bonds. The number of benzene rings is 2. The van der Waals surface area contributed by atoms with Crippen LogP contribution in [0.2, 0.25) is 0 Å². The minimum atomic E-state index is -5.17. The molecule has 0 saturated carbocycles. The summed E-state index contributed by atoms with van der Waals surface area (Å²) in [6.07, 6.45) is 9.48. The summed E-state index contributed by atoms with van der Waals surface area (Å²) in [6.45, 7) is 2.27. The Balaban J connectivity index is 0. The van der Waals surface area contributed by atoms with Gasteiger partial charge in [0, 0.05) is 10.4 Å².